The lowest BCUT2D eigenvalue weighted by atomic mass is 10.1. The van der Waals surface area contributed by atoms with Crippen LogP contribution in [0.1, 0.15) is 28.8 Å². The Morgan fingerprint density at radius 3 is 2.69 bits per heavy atom. The molecule has 0 bridgehead atoms. The summed E-state index contributed by atoms with van der Waals surface area (Å²) < 4.78 is 5.78. The Morgan fingerprint density at radius 2 is 1.92 bits per heavy atom. The van der Waals surface area contributed by atoms with E-state index < -0.39 is 0 Å². The smallest absolute Gasteiger partial charge is 0.257 e. The fourth-order valence-electron chi connectivity index (χ4n) is 2.76. The molecule has 0 atom stereocenters. The molecule has 0 unspecified atom stereocenters. The van der Waals surface area contributed by atoms with E-state index in [1.165, 1.54) is 15.2 Å². The van der Waals surface area contributed by atoms with E-state index in [2.05, 4.69) is 45.5 Å². The van der Waals surface area contributed by atoms with E-state index in [4.69, 9.17) is 4.42 Å². The minimum Gasteiger partial charge on any atom is -0.418 e. The van der Waals surface area contributed by atoms with Gasteiger partial charge in [0.25, 0.3) is 5.89 Å². The average molecular weight is 366 g/mol. The van der Waals surface area contributed by atoms with Gasteiger partial charge in [0.2, 0.25) is 11.7 Å². The van der Waals surface area contributed by atoms with Crippen LogP contribution in [0, 0.1) is 13.8 Å². The van der Waals surface area contributed by atoms with Crippen LogP contribution in [-0.2, 0) is 13.0 Å². The Balaban J connectivity index is 1.54. The molecule has 1 aromatic carbocycles. The number of hydrogen-bond donors (Lipinski definition) is 0. The molecule has 4 rings (SSSR count). The third kappa shape index (κ3) is 3.15. The third-order valence-corrected chi connectivity index (χ3v) is 5.50. The Morgan fingerprint density at radius 1 is 1.08 bits per heavy atom. The zero-order chi connectivity index (χ0) is 18.1. The van der Waals surface area contributed by atoms with Crippen molar-refractivity contribution in [1.29, 1.82) is 0 Å². The fourth-order valence-corrected chi connectivity index (χ4v) is 3.79. The molecule has 8 heteroatoms. The van der Waals surface area contributed by atoms with Gasteiger partial charge in [-0.1, -0.05) is 31.2 Å². The molecule has 7 nitrogen and oxygen atoms in total. The van der Waals surface area contributed by atoms with Crippen molar-refractivity contribution in [1.82, 2.24) is 30.4 Å². The zero-order valence-corrected chi connectivity index (χ0v) is 15.6. The molecule has 3 aromatic heterocycles. The standard InChI is InChI=1S/C18H18N6OS/c1-4-14-12(3)9-15(26-14)18-21-19-16(25-18)10-24-22-17(20-23-24)13-8-6-5-7-11(13)2/h5-9H,4,10H2,1-3H3. The first-order valence-corrected chi connectivity index (χ1v) is 9.21. The molecule has 3 heterocycles. The summed E-state index contributed by atoms with van der Waals surface area (Å²) in [5.74, 6) is 1.58. The van der Waals surface area contributed by atoms with E-state index in [-0.39, 0.29) is 6.54 Å². The number of tetrazole rings is 1. The molecular formula is C18H18N6OS. The second kappa shape index (κ2) is 6.80. The van der Waals surface area contributed by atoms with Gasteiger partial charge in [0, 0.05) is 10.4 Å². The van der Waals surface area contributed by atoms with Gasteiger partial charge in [0.1, 0.15) is 6.54 Å². The van der Waals surface area contributed by atoms with Gasteiger partial charge in [-0.25, -0.2) is 0 Å². The number of thiophene rings is 1. The van der Waals surface area contributed by atoms with Gasteiger partial charge in [-0.15, -0.1) is 31.7 Å². The largest absolute Gasteiger partial charge is 0.418 e. The SMILES string of the molecule is CCc1sc(-c2nnc(Cn3nnc(-c4ccccc4C)n3)o2)cc1C. The first kappa shape index (κ1) is 16.6. The van der Waals surface area contributed by atoms with Crippen molar-refractivity contribution >= 4 is 11.3 Å². The summed E-state index contributed by atoms with van der Waals surface area (Å²) >= 11 is 1.69. The Kier molecular flexibility index (Phi) is 4.34. The Bertz CT molecular complexity index is 1050. The minimum absolute atomic E-state index is 0.289. The van der Waals surface area contributed by atoms with Crippen molar-refractivity contribution in [3.8, 4) is 22.2 Å². The van der Waals surface area contributed by atoms with Crippen LogP contribution in [-0.4, -0.2) is 30.4 Å². The topological polar surface area (TPSA) is 82.5 Å². The molecule has 0 saturated carbocycles. The van der Waals surface area contributed by atoms with Gasteiger partial charge < -0.3 is 4.42 Å². The molecule has 4 aromatic rings. The van der Waals surface area contributed by atoms with Crippen molar-refractivity contribution in [3.63, 3.8) is 0 Å². The highest BCUT2D eigenvalue weighted by atomic mass is 32.1. The summed E-state index contributed by atoms with van der Waals surface area (Å²) in [7, 11) is 0. The average Bonchev–Trinajstić information content (AvgIpc) is 3.36. The second-order valence-corrected chi connectivity index (χ2v) is 7.17. The molecule has 0 saturated heterocycles. The zero-order valence-electron chi connectivity index (χ0n) is 14.8. The van der Waals surface area contributed by atoms with Gasteiger partial charge in [-0.05, 0) is 42.7 Å². The van der Waals surface area contributed by atoms with Gasteiger partial charge in [0.15, 0.2) is 0 Å². The maximum absolute atomic E-state index is 5.78. The van der Waals surface area contributed by atoms with E-state index in [0.29, 0.717) is 17.6 Å². The number of benzene rings is 1. The molecule has 0 aliphatic heterocycles. The highest BCUT2D eigenvalue weighted by Gasteiger charge is 2.15. The van der Waals surface area contributed by atoms with Crippen LogP contribution in [0.15, 0.2) is 34.7 Å². The summed E-state index contributed by atoms with van der Waals surface area (Å²) in [6.07, 6.45) is 1.00. The molecule has 0 amide bonds. The lowest BCUT2D eigenvalue weighted by Gasteiger charge is -1.98. The van der Waals surface area contributed by atoms with E-state index >= 15 is 0 Å². The number of nitrogens with zero attached hydrogens (tertiary/aromatic N) is 6. The molecule has 0 N–H and O–H groups in total. The van der Waals surface area contributed by atoms with Gasteiger partial charge in [-0.3, -0.25) is 0 Å². The fraction of sp³-hybridized carbons (Fsp3) is 0.278. The molecular weight excluding hydrogens is 348 g/mol. The van der Waals surface area contributed by atoms with E-state index in [9.17, 15) is 0 Å². The molecule has 0 aliphatic rings. The van der Waals surface area contributed by atoms with Crippen molar-refractivity contribution in [2.45, 2.75) is 33.7 Å². The lowest BCUT2D eigenvalue weighted by Crippen LogP contribution is -2.04. The molecule has 132 valence electrons. The van der Waals surface area contributed by atoms with Crippen molar-refractivity contribution < 1.29 is 4.42 Å². The maximum atomic E-state index is 5.78. The second-order valence-electron chi connectivity index (χ2n) is 6.03. The molecule has 0 radical (unpaired) electrons. The maximum Gasteiger partial charge on any atom is 0.257 e. The van der Waals surface area contributed by atoms with Gasteiger partial charge in [-0.2, -0.15) is 4.80 Å². The number of aryl methyl sites for hydroxylation is 3. The van der Waals surface area contributed by atoms with Crippen LogP contribution >= 0.6 is 11.3 Å². The number of hydrogen-bond acceptors (Lipinski definition) is 7. The van der Waals surface area contributed by atoms with Crippen molar-refractivity contribution in [2.24, 2.45) is 0 Å². The van der Waals surface area contributed by atoms with E-state index in [1.54, 1.807) is 11.3 Å². The summed E-state index contributed by atoms with van der Waals surface area (Å²) in [5.41, 5.74) is 3.33. The summed E-state index contributed by atoms with van der Waals surface area (Å²) in [6, 6.07) is 10.0. The van der Waals surface area contributed by atoms with Crippen LogP contribution < -0.4 is 0 Å². The molecule has 0 spiro atoms. The predicted molar refractivity (Wildman–Crippen MR) is 98.8 cm³/mol. The van der Waals surface area contributed by atoms with Crippen LogP contribution in [0.5, 0.6) is 0 Å². The first-order valence-electron chi connectivity index (χ1n) is 8.40. The summed E-state index contributed by atoms with van der Waals surface area (Å²) in [4.78, 5) is 3.79. The van der Waals surface area contributed by atoms with Crippen LogP contribution in [0.3, 0.4) is 0 Å². The molecule has 0 aliphatic carbocycles. The number of rotatable bonds is 5. The lowest BCUT2D eigenvalue weighted by molar-refractivity contribution is 0.447. The van der Waals surface area contributed by atoms with Crippen LogP contribution in [0.4, 0.5) is 0 Å². The van der Waals surface area contributed by atoms with Crippen LogP contribution in [0.25, 0.3) is 22.2 Å². The normalized spacial score (nSPS) is 11.2. The van der Waals surface area contributed by atoms with Gasteiger partial charge in [0.05, 0.1) is 4.88 Å². The van der Waals surface area contributed by atoms with E-state index in [0.717, 1.165) is 22.4 Å². The highest BCUT2D eigenvalue weighted by molar-refractivity contribution is 7.15. The summed E-state index contributed by atoms with van der Waals surface area (Å²) in [5, 5.41) is 20.9. The van der Waals surface area contributed by atoms with Crippen molar-refractivity contribution in [3.05, 3.63) is 52.2 Å². The van der Waals surface area contributed by atoms with E-state index in [1.807, 2.05) is 31.2 Å². The molecule has 26 heavy (non-hydrogen) atoms. The predicted octanol–water partition coefficient (Wildman–Crippen LogP) is 3.68. The number of aromatic nitrogens is 6. The van der Waals surface area contributed by atoms with Crippen molar-refractivity contribution in [2.75, 3.05) is 0 Å². The minimum atomic E-state index is 0.289. The highest BCUT2D eigenvalue weighted by Crippen LogP contribution is 2.30. The molecule has 0 fully saturated rings. The van der Waals surface area contributed by atoms with Crippen LogP contribution in [0.2, 0.25) is 0 Å². The Hall–Kier alpha value is -2.87. The quantitative estimate of drug-likeness (QED) is 0.536. The monoisotopic (exact) mass is 366 g/mol. The van der Waals surface area contributed by atoms with Gasteiger partial charge >= 0.3 is 0 Å². The first-order chi connectivity index (χ1) is 12.6. The third-order valence-electron chi connectivity index (χ3n) is 4.13. The Labute approximate surface area is 154 Å². The summed E-state index contributed by atoms with van der Waals surface area (Å²) in [6.45, 7) is 6.55.